The lowest BCUT2D eigenvalue weighted by Gasteiger charge is -2.16. The van der Waals surface area contributed by atoms with Gasteiger partial charge in [0.15, 0.2) is 0 Å². The van der Waals surface area contributed by atoms with Gasteiger partial charge in [-0.3, -0.25) is 0 Å². The molecule has 14 heavy (non-hydrogen) atoms. The van der Waals surface area contributed by atoms with E-state index in [0.29, 0.717) is 25.4 Å². The lowest BCUT2D eigenvalue weighted by Crippen LogP contribution is -2.31. The summed E-state index contributed by atoms with van der Waals surface area (Å²) in [5.74, 6) is 0.859. The molecule has 0 amide bonds. The Balaban J connectivity index is 2.30. The molecule has 0 bridgehead atoms. The van der Waals surface area contributed by atoms with Crippen LogP contribution in [0.5, 0.6) is 0 Å². The highest BCUT2D eigenvalue weighted by molar-refractivity contribution is 7.89. The van der Waals surface area contributed by atoms with Gasteiger partial charge >= 0.3 is 0 Å². The van der Waals surface area contributed by atoms with Gasteiger partial charge in [-0.2, -0.15) is 0 Å². The molecule has 1 rings (SSSR count). The average Bonchev–Trinajstić information content (AvgIpc) is 2.88. The van der Waals surface area contributed by atoms with Crippen molar-refractivity contribution >= 4 is 10.0 Å². The lowest BCUT2D eigenvalue weighted by atomic mass is 10.3. The molecule has 0 aromatic heterocycles. The molecule has 0 spiro atoms. The van der Waals surface area contributed by atoms with Crippen LogP contribution in [0.1, 0.15) is 25.7 Å². The van der Waals surface area contributed by atoms with E-state index in [1.807, 2.05) is 0 Å². The number of hydrogen-bond donors (Lipinski definition) is 1. The topological polar surface area (TPSA) is 63.4 Å². The zero-order valence-electron chi connectivity index (χ0n) is 8.78. The molecule has 84 valence electrons. The van der Waals surface area contributed by atoms with Crippen molar-refractivity contribution in [2.75, 3.05) is 25.9 Å². The Bertz CT molecular complexity index is 260. The minimum absolute atomic E-state index is 0.243. The van der Waals surface area contributed by atoms with Crippen molar-refractivity contribution < 1.29 is 8.42 Å². The van der Waals surface area contributed by atoms with E-state index in [1.165, 1.54) is 17.1 Å². The van der Waals surface area contributed by atoms with Gasteiger partial charge in [-0.05, 0) is 38.1 Å². The summed E-state index contributed by atoms with van der Waals surface area (Å²) in [5, 5.41) is 0. The van der Waals surface area contributed by atoms with E-state index in [1.54, 1.807) is 7.05 Å². The highest BCUT2D eigenvalue weighted by atomic mass is 32.2. The second-order valence-corrected chi connectivity index (χ2v) is 6.23. The summed E-state index contributed by atoms with van der Waals surface area (Å²) in [4.78, 5) is 0. The monoisotopic (exact) mass is 220 g/mol. The van der Waals surface area contributed by atoms with Gasteiger partial charge in [-0.15, -0.1) is 0 Å². The molecular formula is C9H20N2O2S. The van der Waals surface area contributed by atoms with Gasteiger partial charge in [0, 0.05) is 13.6 Å². The van der Waals surface area contributed by atoms with Gasteiger partial charge in [-0.1, -0.05) is 0 Å². The Labute approximate surface area is 86.5 Å². The van der Waals surface area contributed by atoms with E-state index in [4.69, 9.17) is 5.73 Å². The van der Waals surface area contributed by atoms with Crippen LogP contribution in [0.3, 0.4) is 0 Å². The summed E-state index contributed by atoms with van der Waals surface area (Å²) in [6.07, 6.45) is 3.83. The maximum atomic E-state index is 11.7. The zero-order valence-corrected chi connectivity index (χ0v) is 9.59. The van der Waals surface area contributed by atoms with Crippen LogP contribution in [-0.4, -0.2) is 38.6 Å². The summed E-state index contributed by atoms with van der Waals surface area (Å²) in [5.41, 5.74) is 5.32. The number of hydrogen-bond acceptors (Lipinski definition) is 3. The van der Waals surface area contributed by atoms with Gasteiger partial charge in [0.1, 0.15) is 0 Å². The van der Waals surface area contributed by atoms with Crippen LogP contribution in [0.2, 0.25) is 0 Å². The fourth-order valence-corrected chi connectivity index (χ4v) is 2.68. The Kier molecular flexibility index (Phi) is 4.34. The van der Waals surface area contributed by atoms with Gasteiger partial charge in [0.2, 0.25) is 10.0 Å². The van der Waals surface area contributed by atoms with Gasteiger partial charge in [0.25, 0.3) is 0 Å². The number of nitrogens with zero attached hydrogens (tertiary/aromatic N) is 1. The largest absolute Gasteiger partial charge is 0.330 e. The Hall–Kier alpha value is -0.130. The van der Waals surface area contributed by atoms with E-state index < -0.39 is 10.0 Å². The van der Waals surface area contributed by atoms with Crippen molar-refractivity contribution in [3.05, 3.63) is 0 Å². The van der Waals surface area contributed by atoms with Crippen LogP contribution in [0, 0.1) is 5.92 Å². The van der Waals surface area contributed by atoms with Gasteiger partial charge in [-0.25, -0.2) is 12.7 Å². The van der Waals surface area contributed by atoms with Crippen molar-refractivity contribution in [1.82, 2.24) is 4.31 Å². The third-order valence-corrected chi connectivity index (χ3v) is 4.45. The first-order valence-corrected chi connectivity index (χ1v) is 6.81. The first-order valence-electron chi connectivity index (χ1n) is 5.20. The van der Waals surface area contributed by atoms with Crippen LogP contribution in [0.4, 0.5) is 0 Å². The van der Waals surface area contributed by atoms with Crippen molar-refractivity contribution in [1.29, 1.82) is 0 Å². The summed E-state index contributed by atoms with van der Waals surface area (Å²) in [6, 6.07) is 0. The maximum absolute atomic E-state index is 11.7. The average molecular weight is 220 g/mol. The standard InChI is InChI=1S/C9H20N2O2S/c1-11(8-9-4-5-9)14(12,13)7-3-2-6-10/h9H,2-8,10H2,1H3. The molecule has 1 aliphatic carbocycles. The van der Waals surface area contributed by atoms with Crippen molar-refractivity contribution in [3.63, 3.8) is 0 Å². The Morgan fingerprint density at radius 1 is 1.36 bits per heavy atom. The van der Waals surface area contributed by atoms with Gasteiger partial charge < -0.3 is 5.73 Å². The van der Waals surface area contributed by atoms with Crippen molar-refractivity contribution in [3.8, 4) is 0 Å². The number of nitrogens with two attached hydrogens (primary N) is 1. The van der Waals surface area contributed by atoms with Crippen LogP contribution in [-0.2, 0) is 10.0 Å². The minimum atomic E-state index is -3.01. The second kappa shape index (κ2) is 5.09. The predicted molar refractivity (Wildman–Crippen MR) is 57.4 cm³/mol. The van der Waals surface area contributed by atoms with Crippen LogP contribution in [0.25, 0.3) is 0 Å². The number of sulfonamides is 1. The highest BCUT2D eigenvalue weighted by Gasteiger charge is 2.27. The van der Waals surface area contributed by atoms with E-state index in [-0.39, 0.29) is 5.75 Å². The first kappa shape index (κ1) is 11.9. The molecule has 0 atom stereocenters. The smallest absolute Gasteiger partial charge is 0.213 e. The summed E-state index contributed by atoms with van der Waals surface area (Å²) in [7, 11) is -1.33. The molecule has 5 heteroatoms. The van der Waals surface area contributed by atoms with Crippen LogP contribution in [0.15, 0.2) is 0 Å². The van der Waals surface area contributed by atoms with Crippen LogP contribution < -0.4 is 5.73 Å². The number of rotatable bonds is 7. The zero-order chi connectivity index (χ0) is 10.6. The minimum Gasteiger partial charge on any atom is -0.330 e. The molecule has 0 unspecified atom stereocenters. The molecule has 0 saturated heterocycles. The quantitative estimate of drug-likeness (QED) is 0.632. The normalized spacial score (nSPS) is 17.6. The molecular weight excluding hydrogens is 200 g/mol. The molecule has 0 radical (unpaired) electrons. The second-order valence-electron chi connectivity index (χ2n) is 4.04. The van der Waals surface area contributed by atoms with Crippen molar-refractivity contribution in [2.24, 2.45) is 11.7 Å². The first-order chi connectivity index (χ1) is 6.56. The third-order valence-electron chi connectivity index (χ3n) is 2.54. The molecule has 1 fully saturated rings. The molecule has 0 heterocycles. The lowest BCUT2D eigenvalue weighted by molar-refractivity contribution is 0.451. The summed E-state index contributed by atoms with van der Waals surface area (Å²) >= 11 is 0. The van der Waals surface area contributed by atoms with Crippen LogP contribution >= 0.6 is 0 Å². The molecule has 4 nitrogen and oxygen atoms in total. The third kappa shape index (κ3) is 3.94. The van der Waals surface area contributed by atoms with Crippen molar-refractivity contribution in [2.45, 2.75) is 25.7 Å². The molecule has 0 aliphatic heterocycles. The highest BCUT2D eigenvalue weighted by Crippen LogP contribution is 2.30. The van der Waals surface area contributed by atoms with E-state index in [0.717, 1.165) is 6.42 Å². The van der Waals surface area contributed by atoms with E-state index >= 15 is 0 Å². The molecule has 1 aliphatic rings. The Morgan fingerprint density at radius 3 is 2.50 bits per heavy atom. The summed E-state index contributed by atoms with van der Waals surface area (Å²) in [6.45, 7) is 1.27. The predicted octanol–water partition coefficient (Wildman–Crippen LogP) is 0.397. The fourth-order valence-electron chi connectivity index (χ4n) is 1.36. The van der Waals surface area contributed by atoms with Gasteiger partial charge in [0.05, 0.1) is 5.75 Å². The number of unbranched alkanes of at least 4 members (excludes halogenated alkanes) is 1. The molecule has 0 aromatic rings. The maximum Gasteiger partial charge on any atom is 0.213 e. The van der Waals surface area contributed by atoms with E-state index in [2.05, 4.69) is 0 Å². The SMILES string of the molecule is CN(CC1CC1)S(=O)(=O)CCCCN. The molecule has 2 N–H and O–H groups in total. The molecule has 0 aromatic carbocycles. The fraction of sp³-hybridized carbons (Fsp3) is 1.00. The van der Waals surface area contributed by atoms with E-state index in [9.17, 15) is 8.42 Å². The molecule has 1 saturated carbocycles. The summed E-state index contributed by atoms with van der Waals surface area (Å²) < 4.78 is 24.8. The Morgan fingerprint density at radius 2 is 2.00 bits per heavy atom.